The van der Waals surface area contributed by atoms with Crippen molar-refractivity contribution < 1.29 is 0 Å². The molecule has 0 aliphatic carbocycles. The van der Waals surface area contributed by atoms with Gasteiger partial charge in [0, 0.05) is 23.3 Å². The molecule has 0 spiro atoms. The van der Waals surface area contributed by atoms with Gasteiger partial charge in [-0.05, 0) is 57.6 Å². The van der Waals surface area contributed by atoms with Crippen LogP contribution in [-0.4, -0.2) is 35.6 Å². The van der Waals surface area contributed by atoms with E-state index >= 15 is 0 Å². The number of nitrogens with one attached hydrogen (secondary N) is 1. The van der Waals surface area contributed by atoms with Crippen molar-refractivity contribution in [2.75, 3.05) is 25.0 Å². The van der Waals surface area contributed by atoms with Gasteiger partial charge in [0.05, 0.1) is 10.5 Å². The summed E-state index contributed by atoms with van der Waals surface area (Å²) in [6.07, 6.45) is 4.18. The molecule has 4 heteroatoms. The fourth-order valence-corrected chi connectivity index (χ4v) is 3.05. The number of nitrogens with zero attached hydrogens (tertiary/aromatic N) is 2. The van der Waals surface area contributed by atoms with Crippen molar-refractivity contribution >= 4 is 28.2 Å². The summed E-state index contributed by atoms with van der Waals surface area (Å²) in [6.45, 7) is 10.1. The number of halogens is 1. The molecule has 0 fully saturated rings. The van der Waals surface area contributed by atoms with Crippen molar-refractivity contribution in [1.82, 2.24) is 9.88 Å². The number of fused-ring (bicyclic) bond motifs is 1. The predicted molar refractivity (Wildman–Crippen MR) is 96.9 cm³/mol. The minimum atomic E-state index is 0.414. The number of aromatic nitrogens is 1. The highest BCUT2D eigenvalue weighted by molar-refractivity contribution is 6.36. The first-order chi connectivity index (χ1) is 10.7. The molecular formula is C18H26ClN3. The summed E-state index contributed by atoms with van der Waals surface area (Å²) >= 11 is 6.34. The topological polar surface area (TPSA) is 28.2 Å². The summed E-state index contributed by atoms with van der Waals surface area (Å²) in [5, 5.41) is 5.36. The van der Waals surface area contributed by atoms with Crippen molar-refractivity contribution in [1.29, 1.82) is 0 Å². The average Bonchev–Trinajstić information content (AvgIpc) is 2.52. The minimum absolute atomic E-state index is 0.414. The summed E-state index contributed by atoms with van der Waals surface area (Å²) in [6, 6.07) is 8.28. The number of rotatable bonds is 8. The zero-order chi connectivity index (χ0) is 15.9. The van der Waals surface area contributed by atoms with Crippen LogP contribution in [0, 0.1) is 0 Å². The summed E-state index contributed by atoms with van der Waals surface area (Å²) in [7, 11) is 0. The van der Waals surface area contributed by atoms with Gasteiger partial charge in [-0.15, -0.1) is 0 Å². The molecule has 0 bridgehead atoms. The third-order valence-electron chi connectivity index (χ3n) is 4.12. The van der Waals surface area contributed by atoms with E-state index in [1.165, 1.54) is 6.42 Å². The number of hydrogen-bond acceptors (Lipinski definition) is 3. The molecular weight excluding hydrogens is 294 g/mol. The number of pyridine rings is 1. The SMILES string of the molecule is CCN(CC)CCCC(C)Nc1ccnc2cccc(Cl)c12. The van der Waals surface area contributed by atoms with Crippen molar-refractivity contribution in [2.45, 2.75) is 39.7 Å². The van der Waals surface area contributed by atoms with E-state index in [4.69, 9.17) is 11.6 Å². The first-order valence-corrected chi connectivity index (χ1v) is 8.55. The van der Waals surface area contributed by atoms with Gasteiger partial charge in [0.2, 0.25) is 0 Å². The molecule has 120 valence electrons. The minimum Gasteiger partial charge on any atom is -0.382 e. The fourth-order valence-electron chi connectivity index (χ4n) is 2.78. The standard InChI is InChI=1S/C18H26ClN3/c1-4-22(5-2)13-7-8-14(3)21-17-11-12-20-16-10-6-9-15(19)18(16)17/h6,9-12,14H,4-5,7-8,13H2,1-3H3,(H,20,21). The van der Waals surface area contributed by atoms with Crippen LogP contribution in [0.5, 0.6) is 0 Å². The Morgan fingerprint density at radius 2 is 2.00 bits per heavy atom. The van der Waals surface area contributed by atoms with Gasteiger partial charge in [-0.3, -0.25) is 4.98 Å². The van der Waals surface area contributed by atoms with Crippen molar-refractivity contribution in [3.63, 3.8) is 0 Å². The van der Waals surface area contributed by atoms with E-state index in [-0.39, 0.29) is 0 Å². The molecule has 2 aromatic rings. The Morgan fingerprint density at radius 3 is 2.73 bits per heavy atom. The van der Waals surface area contributed by atoms with Gasteiger partial charge in [0.25, 0.3) is 0 Å². The zero-order valence-corrected chi connectivity index (χ0v) is 14.5. The number of hydrogen-bond donors (Lipinski definition) is 1. The van der Waals surface area contributed by atoms with E-state index < -0.39 is 0 Å². The fraction of sp³-hybridized carbons (Fsp3) is 0.500. The van der Waals surface area contributed by atoms with Crippen molar-refractivity contribution in [2.24, 2.45) is 0 Å². The van der Waals surface area contributed by atoms with Crippen LogP contribution >= 0.6 is 11.6 Å². The predicted octanol–water partition coefficient (Wildman–Crippen LogP) is 4.81. The van der Waals surface area contributed by atoms with Crippen LogP contribution in [0.2, 0.25) is 5.02 Å². The Kier molecular flexibility index (Phi) is 6.47. The van der Waals surface area contributed by atoms with Crippen LogP contribution in [0.3, 0.4) is 0 Å². The van der Waals surface area contributed by atoms with Crippen molar-refractivity contribution in [3.8, 4) is 0 Å². The molecule has 0 saturated heterocycles. The van der Waals surface area contributed by atoms with E-state index in [9.17, 15) is 0 Å². The van der Waals surface area contributed by atoms with E-state index in [1.807, 2.05) is 30.5 Å². The molecule has 0 radical (unpaired) electrons. The summed E-state index contributed by atoms with van der Waals surface area (Å²) < 4.78 is 0. The molecule has 1 N–H and O–H groups in total. The van der Waals surface area contributed by atoms with E-state index in [0.717, 1.165) is 47.7 Å². The van der Waals surface area contributed by atoms with E-state index in [1.54, 1.807) is 0 Å². The molecule has 1 heterocycles. The van der Waals surface area contributed by atoms with Gasteiger partial charge in [0.15, 0.2) is 0 Å². The maximum Gasteiger partial charge on any atom is 0.0737 e. The lowest BCUT2D eigenvalue weighted by Crippen LogP contribution is -2.25. The quantitative estimate of drug-likeness (QED) is 0.756. The molecule has 1 aromatic heterocycles. The van der Waals surface area contributed by atoms with Crippen LogP contribution in [0.1, 0.15) is 33.6 Å². The van der Waals surface area contributed by atoms with Crippen LogP contribution in [0.15, 0.2) is 30.5 Å². The first-order valence-electron chi connectivity index (χ1n) is 8.17. The lowest BCUT2D eigenvalue weighted by molar-refractivity contribution is 0.295. The summed E-state index contributed by atoms with van der Waals surface area (Å²) in [4.78, 5) is 6.85. The highest BCUT2D eigenvalue weighted by atomic mass is 35.5. The maximum atomic E-state index is 6.34. The number of anilines is 1. The Balaban J connectivity index is 1.99. The van der Waals surface area contributed by atoms with Crippen LogP contribution in [0.4, 0.5) is 5.69 Å². The molecule has 0 amide bonds. The zero-order valence-electron chi connectivity index (χ0n) is 13.8. The third kappa shape index (κ3) is 4.34. The van der Waals surface area contributed by atoms with Gasteiger partial charge >= 0.3 is 0 Å². The van der Waals surface area contributed by atoms with Crippen LogP contribution in [0.25, 0.3) is 10.9 Å². The second-order valence-electron chi connectivity index (χ2n) is 5.71. The van der Waals surface area contributed by atoms with Gasteiger partial charge < -0.3 is 10.2 Å². The third-order valence-corrected chi connectivity index (χ3v) is 4.44. The summed E-state index contributed by atoms with van der Waals surface area (Å²) in [5.41, 5.74) is 2.01. The molecule has 3 nitrogen and oxygen atoms in total. The highest BCUT2D eigenvalue weighted by Gasteiger charge is 2.09. The van der Waals surface area contributed by atoms with Gasteiger partial charge in [-0.25, -0.2) is 0 Å². The normalized spacial score (nSPS) is 12.8. The molecule has 0 saturated carbocycles. The first kappa shape index (κ1) is 17.0. The molecule has 0 aliphatic heterocycles. The molecule has 1 aromatic carbocycles. The lowest BCUT2D eigenvalue weighted by atomic mass is 10.1. The smallest absolute Gasteiger partial charge is 0.0737 e. The molecule has 1 atom stereocenters. The van der Waals surface area contributed by atoms with Crippen LogP contribution in [-0.2, 0) is 0 Å². The van der Waals surface area contributed by atoms with Crippen LogP contribution < -0.4 is 5.32 Å². The molecule has 1 unspecified atom stereocenters. The lowest BCUT2D eigenvalue weighted by Gasteiger charge is -2.21. The Bertz CT molecular complexity index is 591. The van der Waals surface area contributed by atoms with Gasteiger partial charge in [-0.2, -0.15) is 0 Å². The maximum absolute atomic E-state index is 6.34. The molecule has 0 aliphatic rings. The largest absolute Gasteiger partial charge is 0.382 e. The summed E-state index contributed by atoms with van der Waals surface area (Å²) in [5.74, 6) is 0. The Morgan fingerprint density at radius 1 is 1.23 bits per heavy atom. The second kappa shape index (κ2) is 8.35. The van der Waals surface area contributed by atoms with Gasteiger partial charge in [0.1, 0.15) is 0 Å². The second-order valence-corrected chi connectivity index (χ2v) is 6.11. The van der Waals surface area contributed by atoms with E-state index in [2.05, 4.69) is 36.0 Å². The van der Waals surface area contributed by atoms with Gasteiger partial charge in [-0.1, -0.05) is 31.5 Å². The average molecular weight is 320 g/mol. The number of benzene rings is 1. The van der Waals surface area contributed by atoms with E-state index in [0.29, 0.717) is 6.04 Å². The molecule has 2 rings (SSSR count). The Labute approximate surface area is 138 Å². The Hall–Kier alpha value is -1.32. The molecule has 22 heavy (non-hydrogen) atoms. The van der Waals surface area contributed by atoms with Crippen molar-refractivity contribution in [3.05, 3.63) is 35.5 Å². The highest BCUT2D eigenvalue weighted by Crippen LogP contribution is 2.29. The monoisotopic (exact) mass is 319 g/mol.